The Hall–Kier alpha value is -3.58. The van der Waals surface area contributed by atoms with Crippen LogP contribution >= 0.6 is 11.6 Å². The normalized spacial score (nSPS) is 13.5. The second-order valence-corrected chi connectivity index (χ2v) is 8.01. The monoisotopic (exact) mass is 468 g/mol. The molecule has 0 saturated heterocycles. The second-order valence-electron chi connectivity index (χ2n) is 7.60. The van der Waals surface area contributed by atoms with Crippen molar-refractivity contribution in [3.05, 3.63) is 88.2 Å². The molecule has 170 valence electrons. The smallest absolute Gasteiger partial charge is 0.255 e. The lowest BCUT2D eigenvalue weighted by molar-refractivity contribution is -0.117. The third-order valence-corrected chi connectivity index (χ3v) is 5.89. The van der Waals surface area contributed by atoms with E-state index < -0.39 is 11.9 Å². The van der Waals surface area contributed by atoms with Gasteiger partial charge in [-0.25, -0.2) is 4.39 Å². The molecule has 2 amide bonds. The molecule has 3 aromatic rings. The maximum Gasteiger partial charge on any atom is 0.255 e. The van der Waals surface area contributed by atoms with Crippen LogP contribution < -0.4 is 14.8 Å². The summed E-state index contributed by atoms with van der Waals surface area (Å²) < 4.78 is 24.2. The van der Waals surface area contributed by atoms with Crippen LogP contribution in [0.2, 0.25) is 5.02 Å². The van der Waals surface area contributed by atoms with Gasteiger partial charge in [-0.1, -0.05) is 35.9 Å². The van der Waals surface area contributed by atoms with Crippen LogP contribution in [0.1, 0.15) is 33.9 Å². The molecule has 1 N–H and O–H groups in total. The van der Waals surface area contributed by atoms with Crippen LogP contribution in [0, 0.1) is 5.82 Å². The number of fused-ring (bicyclic) bond motifs is 1. The van der Waals surface area contributed by atoms with Crippen LogP contribution in [0.5, 0.6) is 11.5 Å². The molecule has 1 aliphatic rings. The number of hydrogen-bond acceptors (Lipinski definition) is 4. The van der Waals surface area contributed by atoms with E-state index in [1.165, 1.54) is 32.4 Å². The van der Waals surface area contributed by atoms with E-state index in [4.69, 9.17) is 21.1 Å². The summed E-state index contributed by atoms with van der Waals surface area (Å²) in [6, 6.07) is 16.1. The molecule has 1 aliphatic heterocycles. The van der Waals surface area contributed by atoms with Gasteiger partial charge >= 0.3 is 0 Å². The number of nitrogens with one attached hydrogen (secondary N) is 1. The number of benzene rings is 3. The van der Waals surface area contributed by atoms with Crippen LogP contribution in [0.3, 0.4) is 0 Å². The summed E-state index contributed by atoms with van der Waals surface area (Å²) in [6.45, 7) is 0.379. The van der Waals surface area contributed by atoms with Gasteiger partial charge in [-0.2, -0.15) is 0 Å². The molecule has 0 spiro atoms. The molecule has 0 unspecified atom stereocenters. The van der Waals surface area contributed by atoms with Gasteiger partial charge in [0.1, 0.15) is 5.82 Å². The number of carbonyl (C=O) groups is 2. The Morgan fingerprint density at radius 3 is 2.55 bits per heavy atom. The van der Waals surface area contributed by atoms with Crippen molar-refractivity contribution in [2.24, 2.45) is 0 Å². The lowest BCUT2D eigenvalue weighted by Gasteiger charge is -2.28. The molecule has 0 saturated carbocycles. The van der Waals surface area contributed by atoms with Gasteiger partial charge in [-0.05, 0) is 47.5 Å². The van der Waals surface area contributed by atoms with Crippen LogP contribution in [0.4, 0.5) is 10.1 Å². The Bertz CT molecular complexity index is 1220. The molecule has 3 aromatic carbocycles. The van der Waals surface area contributed by atoms with E-state index in [-0.39, 0.29) is 23.3 Å². The van der Waals surface area contributed by atoms with Gasteiger partial charge in [0.25, 0.3) is 5.91 Å². The van der Waals surface area contributed by atoms with E-state index in [1.807, 2.05) is 24.3 Å². The maximum absolute atomic E-state index is 13.5. The zero-order valence-electron chi connectivity index (χ0n) is 18.1. The third-order valence-electron chi connectivity index (χ3n) is 5.60. The fourth-order valence-corrected chi connectivity index (χ4v) is 4.14. The molecule has 0 bridgehead atoms. The van der Waals surface area contributed by atoms with Crippen molar-refractivity contribution in [1.29, 1.82) is 0 Å². The maximum atomic E-state index is 13.5. The van der Waals surface area contributed by atoms with Gasteiger partial charge in [0, 0.05) is 17.8 Å². The Labute approximate surface area is 195 Å². The van der Waals surface area contributed by atoms with Crippen LogP contribution in [-0.4, -0.2) is 30.9 Å². The highest BCUT2D eigenvalue weighted by molar-refractivity contribution is 6.31. The molecule has 4 rings (SSSR count). The summed E-state index contributed by atoms with van der Waals surface area (Å²) >= 11 is 5.83. The highest BCUT2D eigenvalue weighted by Gasteiger charge is 2.35. The SMILES string of the molecule is COc1ccc([C@@H](CC(=O)Nc2ccc(F)c(Cl)c2)N2Cc3ccccc3C2=O)cc1OC. The van der Waals surface area contributed by atoms with Gasteiger partial charge in [-0.3, -0.25) is 9.59 Å². The fraction of sp³-hybridized carbons (Fsp3) is 0.200. The number of ether oxygens (including phenoxy) is 2. The minimum atomic E-state index is -0.571. The summed E-state index contributed by atoms with van der Waals surface area (Å²) in [5.41, 5.74) is 2.61. The van der Waals surface area contributed by atoms with E-state index in [0.717, 1.165) is 11.1 Å². The average Bonchev–Trinajstić information content (AvgIpc) is 3.15. The average molecular weight is 469 g/mol. The number of methoxy groups -OCH3 is 2. The molecule has 8 heteroatoms. The molecule has 0 aliphatic carbocycles. The zero-order valence-corrected chi connectivity index (χ0v) is 18.9. The highest BCUT2D eigenvalue weighted by atomic mass is 35.5. The molecule has 0 radical (unpaired) electrons. The highest BCUT2D eigenvalue weighted by Crippen LogP contribution is 2.37. The number of nitrogens with zero attached hydrogens (tertiary/aromatic N) is 1. The molecule has 33 heavy (non-hydrogen) atoms. The van der Waals surface area contributed by atoms with Crippen LogP contribution in [0.25, 0.3) is 0 Å². The molecule has 0 fully saturated rings. The molecular weight excluding hydrogens is 447 g/mol. The summed E-state index contributed by atoms with van der Waals surface area (Å²) in [5.74, 6) is -0.0288. The number of amides is 2. The predicted molar refractivity (Wildman–Crippen MR) is 123 cm³/mol. The quantitative estimate of drug-likeness (QED) is 0.516. The largest absolute Gasteiger partial charge is 0.493 e. The van der Waals surface area contributed by atoms with Gasteiger partial charge in [0.05, 0.1) is 31.7 Å². The van der Waals surface area contributed by atoms with Crippen molar-refractivity contribution in [2.75, 3.05) is 19.5 Å². The molecular formula is C25H22ClFN2O4. The number of hydrogen-bond donors (Lipinski definition) is 1. The first-order chi connectivity index (χ1) is 15.9. The van der Waals surface area contributed by atoms with Crippen molar-refractivity contribution in [2.45, 2.75) is 19.0 Å². The second kappa shape index (κ2) is 9.50. The predicted octanol–water partition coefficient (Wildman–Crippen LogP) is 5.22. The van der Waals surface area contributed by atoms with Crippen molar-refractivity contribution in [3.63, 3.8) is 0 Å². The first-order valence-corrected chi connectivity index (χ1v) is 10.6. The zero-order chi connectivity index (χ0) is 23.5. The van der Waals surface area contributed by atoms with Gasteiger partial charge < -0.3 is 19.7 Å². The van der Waals surface area contributed by atoms with Crippen molar-refractivity contribution < 1.29 is 23.5 Å². The Balaban J connectivity index is 1.65. The van der Waals surface area contributed by atoms with Gasteiger partial charge in [0.15, 0.2) is 11.5 Å². The third kappa shape index (κ3) is 4.64. The minimum Gasteiger partial charge on any atom is -0.493 e. The first kappa shape index (κ1) is 22.6. The van der Waals surface area contributed by atoms with Crippen molar-refractivity contribution in [1.82, 2.24) is 4.90 Å². The number of carbonyl (C=O) groups excluding carboxylic acids is 2. The summed E-state index contributed by atoms with van der Waals surface area (Å²) in [5, 5.41) is 2.65. The Morgan fingerprint density at radius 1 is 1.09 bits per heavy atom. The summed E-state index contributed by atoms with van der Waals surface area (Å²) in [6.07, 6.45) is -0.0236. The number of anilines is 1. The Morgan fingerprint density at radius 2 is 1.85 bits per heavy atom. The van der Waals surface area contributed by atoms with Crippen molar-refractivity contribution in [3.8, 4) is 11.5 Å². The van der Waals surface area contributed by atoms with Crippen LogP contribution in [0.15, 0.2) is 60.7 Å². The van der Waals surface area contributed by atoms with Gasteiger partial charge in [-0.15, -0.1) is 0 Å². The van der Waals surface area contributed by atoms with E-state index in [9.17, 15) is 14.0 Å². The molecule has 1 atom stereocenters. The van der Waals surface area contributed by atoms with Gasteiger partial charge in [0.2, 0.25) is 5.91 Å². The fourth-order valence-electron chi connectivity index (χ4n) is 3.96. The van der Waals surface area contributed by atoms with E-state index in [0.29, 0.717) is 29.3 Å². The number of halogens is 2. The lowest BCUT2D eigenvalue weighted by atomic mass is 10.0. The van der Waals surface area contributed by atoms with E-state index >= 15 is 0 Å². The number of rotatable bonds is 7. The molecule has 1 heterocycles. The standard InChI is InChI=1S/C25H22ClFN2O4/c1-32-22-10-7-15(11-23(22)33-2)21(29-14-16-5-3-4-6-18(16)25(29)31)13-24(30)28-17-8-9-20(27)19(26)12-17/h3-12,21H,13-14H2,1-2H3,(H,28,30)/t21-/m1/s1. The first-order valence-electron chi connectivity index (χ1n) is 10.3. The molecule has 6 nitrogen and oxygen atoms in total. The summed E-state index contributed by atoms with van der Waals surface area (Å²) in [4.78, 5) is 27.8. The van der Waals surface area contributed by atoms with Crippen LogP contribution in [-0.2, 0) is 11.3 Å². The van der Waals surface area contributed by atoms with E-state index in [2.05, 4.69) is 5.32 Å². The lowest BCUT2D eigenvalue weighted by Crippen LogP contribution is -2.32. The van der Waals surface area contributed by atoms with Crippen molar-refractivity contribution >= 4 is 29.1 Å². The minimum absolute atomic E-state index is 0.0236. The molecule has 0 aromatic heterocycles. The summed E-state index contributed by atoms with van der Waals surface area (Å²) in [7, 11) is 3.06. The van der Waals surface area contributed by atoms with E-state index in [1.54, 1.807) is 23.1 Å². The Kier molecular flexibility index (Phi) is 6.51. The topological polar surface area (TPSA) is 67.9 Å².